The summed E-state index contributed by atoms with van der Waals surface area (Å²) in [4.78, 5) is 2.59. The van der Waals surface area contributed by atoms with Crippen molar-refractivity contribution < 1.29 is 0 Å². The van der Waals surface area contributed by atoms with Crippen LogP contribution in [0.3, 0.4) is 0 Å². The van der Waals surface area contributed by atoms with Gasteiger partial charge in [-0.2, -0.15) is 0 Å². The third-order valence-electron chi connectivity index (χ3n) is 5.09. The van der Waals surface area contributed by atoms with Gasteiger partial charge in [-0.1, -0.05) is 57.0 Å². The maximum absolute atomic E-state index is 3.88. The molecule has 2 rings (SSSR count). The van der Waals surface area contributed by atoms with E-state index in [0.29, 0.717) is 12.1 Å². The molecular formula is C19H32N2. The second-order valence-corrected chi connectivity index (χ2v) is 6.57. The van der Waals surface area contributed by atoms with E-state index < -0.39 is 0 Å². The second kappa shape index (κ2) is 8.55. The lowest BCUT2D eigenvalue weighted by Gasteiger charge is -2.35. The first kappa shape index (κ1) is 16.5. The topological polar surface area (TPSA) is 15.3 Å². The molecule has 118 valence electrons. The van der Waals surface area contributed by atoms with Crippen molar-refractivity contribution in [1.29, 1.82) is 0 Å². The number of hydrogen-bond donors (Lipinski definition) is 1. The molecule has 1 aromatic rings. The molecule has 0 aliphatic carbocycles. The lowest BCUT2D eigenvalue weighted by Crippen LogP contribution is -2.47. The number of rotatable bonds is 7. The molecule has 0 bridgehead atoms. The Morgan fingerprint density at radius 2 is 1.71 bits per heavy atom. The monoisotopic (exact) mass is 288 g/mol. The summed E-state index contributed by atoms with van der Waals surface area (Å²) in [6.07, 6.45) is 5.16. The van der Waals surface area contributed by atoms with Crippen LogP contribution in [0.4, 0.5) is 0 Å². The van der Waals surface area contributed by atoms with E-state index in [9.17, 15) is 0 Å². The highest BCUT2D eigenvalue weighted by Gasteiger charge is 2.22. The largest absolute Gasteiger partial charge is 0.311 e. The van der Waals surface area contributed by atoms with Crippen LogP contribution in [0.15, 0.2) is 30.3 Å². The molecule has 1 aromatic carbocycles. The molecule has 0 spiro atoms. The molecule has 2 heteroatoms. The van der Waals surface area contributed by atoms with Crippen LogP contribution < -0.4 is 5.32 Å². The van der Waals surface area contributed by atoms with Crippen molar-refractivity contribution in [1.82, 2.24) is 10.2 Å². The van der Waals surface area contributed by atoms with E-state index in [1.807, 2.05) is 0 Å². The van der Waals surface area contributed by atoms with Gasteiger partial charge in [0.1, 0.15) is 0 Å². The molecule has 0 radical (unpaired) electrons. The minimum atomic E-state index is 0.658. The number of likely N-dealkylation sites (tertiary alicyclic amines) is 1. The summed E-state index contributed by atoms with van der Waals surface area (Å²) in [5, 5.41) is 3.88. The highest BCUT2D eigenvalue weighted by Crippen LogP contribution is 2.18. The Hall–Kier alpha value is -0.860. The quantitative estimate of drug-likeness (QED) is 0.814. The van der Waals surface area contributed by atoms with Gasteiger partial charge in [-0.05, 0) is 44.3 Å². The van der Waals surface area contributed by atoms with Gasteiger partial charge in [0, 0.05) is 18.6 Å². The molecule has 0 saturated carbocycles. The molecule has 1 atom stereocenters. The Balaban J connectivity index is 1.73. The first-order valence-electron chi connectivity index (χ1n) is 8.75. The maximum Gasteiger partial charge on any atom is 0.0233 e. The number of piperidine rings is 1. The highest BCUT2D eigenvalue weighted by atomic mass is 15.1. The molecular weight excluding hydrogens is 256 g/mol. The number of benzene rings is 1. The van der Waals surface area contributed by atoms with Crippen LogP contribution in [0.2, 0.25) is 0 Å². The van der Waals surface area contributed by atoms with Gasteiger partial charge in [0.2, 0.25) is 0 Å². The van der Waals surface area contributed by atoms with Gasteiger partial charge in [-0.25, -0.2) is 0 Å². The third-order valence-corrected chi connectivity index (χ3v) is 5.09. The normalized spacial score (nSPS) is 19.0. The van der Waals surface area contributed by atoms with Gasteiger partial charge in [-0.15, -0.1) is 0 Å². The van der Waals surface area contributed by atoms with E-state index in [0.717, 1.165) is 12.5 Å². The molecule has 1 unspecified atom stereocenters. The van der Waals surface area contributed by atoms with Gasteiger partial charge < -0.3 is 5.32 Å². The van der Waals surface area contributed by atoms with Crippen LogP contribution in [-0.2, 0) is 6.54 Å². The van der Waals surface area contributed by atoms with Gasteiger partial charge in [0.15, 0.2) is 0 Å². The van der Waals surface area contributed by atoms with Crippen LogP contribution in [-0.4, -0.2) is 30.1 Å². The molecule has 2 nitrogen and oxygen atoms in total. The fourth-order valence-corrected chi connectivity index (χ4v) is 3.60. The Labute approximate surface area is 130 Å². The first-order valence-corrected chi connectivity index (χ1v) is 8.75. The van der Waals surface area contributed by atoms with Crippen LogP contribution in [0.5, 0.6) is 0 Å². The van der Waals surface area contributed by atoms with E-state index in [2.05, 4.69) is 61.3 Å². The molecule has 1 N–H and O–H groups in total. The lowest BCUT2D eigenvalue weighted by molar-refractivity contribution is 0.176. The first-order chi connectivity index (χ1) is 10.2. The van der Waals surface area contributed by atoms with E-state index in [1.54, 1.807) is 0 Å². The Kier molecular flexibility index (Phi) is 6.72. The molecule has 1 saturated heterocycles. The predicted octanol–water partition coefficient (Wildman–Crippen LogP) is 4.07. The molecule has 0 aromatic heterocycles. The zero-order chi connectivity index (χ0) is 15.1. The average molecular weight is 288 g/mol. The molecule has 1 heterocycles. The smallest absolute Gasteiger partial charge is 0.0233 e. The minimum absolute atomic E-state index is 0.658. The van der Waals surface area contributed by atoms with Crippen LogP contribution in [0.25, 0.3) is 0 Å². The molecule has 1 aliphatic heterocycles. The molecule has 0 amide bonds. The van der Waals surface area contributed by atoms with Gasteiger partial charge in [0.25, 0.3) is 0 Å². The third kappa shape index (κ3) is 5.12. The van der Waals surface area contributed by atoms with E-state index in [-0.39, 0.29) is 0 Å². The SMILES string of the molecule is CCC(CC)C(C)NC1CCN(Cc2ccccc2)CC1. The Bertz CT molecular complexity index is 378. The van der Waals surface area contributed by atoms with Gasteiger partial charge >= 0.3 is 0 Å². The standard InChI is InChI=1S/C19H32N2/c1-4-18(5-2)16(3)20-19-11-13-21(14-12-19)15-17-9-7-6-8-10-17/h6-10,16,18-20H,4-5,11-15H2,1-3H3. The Morgan fingerprint density at radius 3 is 2.29 bits per heavy atom. The number of hydrogen-bond acceptors (Lipinski definition) is 2. The summed E-state index contributed by atoms with van der Waals surface area (Å²) in [6, 6.07) is 12.2. The van der Waals surface area contributed by atoms with Crippen LogP contribution >= 0.6 is 0 Å². The van der Waals surface area contributed by atoms with E-state index in [1.165, 1.54) is 44.3 Å². The summed E-state index contributed by atoms with van der Waals surface area (Å²) < 4.78 is 0. The van der Waals surface area contributed by atoms with Crippen molar-refractivity contribution in [2.75, 3.05) is 13.1 Å². The summed E-state index contributed by atoms with van der Waals surface area (Å²) in [7, 11) is 0. The second-order valence-electron chi connectivity index (χ2n) is 6.57. The summed E-state index contributed by atoms with van der Waals surface area (Å²) >= 11 is 0. The summed E-state index contributed by atoms with van der Waals surface area (Å²) in [5.41, 5.74) is 1.44. The van der Waals surface area contributed by atoms with Crippen molar-refractivity contribution >= 4 is 0 Å². The minimum Gasteiger partial charge on any atom is -0.311 e. The van der Waals surface area contributed by atoms with E-state index in [4.69, 9.17) is 0 Å². The summed E-state index contributed by atoms with van der Waals surface area (Å²) in [6.45, 7) is 10.6. The Morgan fingerprint density at radius 1 is 1.10 bits per heavy atom. The summed E-state index contributed by atoms with van der Waals surface area (Å²) in [5.74, 6) is 0.826. The molecule has 1 fully saturated rings. The highest BCUT2D eigenvalue weighted by molar-refractivity contribution is 5.14. The zero-order valence-electron chi connectivity index (χ0n) is 14.0. The number of nitrogens with zero attached hydrogens (tertiary/aromatic N) is 1. The van der Waals surface area contributed by atoms with Crippen molar-refractivity contribution in [3.63, 3.8) is 0 Å². The predicted molar refractivity (Wildman–Crippen MR) is 91.4 cm³/mol. The van der Waals surface area contributed by atoms with Crippen molar-refractivity contribution in [3.8, 4) is 0 Å². The van der Waals surface area contributed by atoms with Gasteiger partial charge in [0.05, 0.1) is 0 Å². The van der Waals surface area contributed by atoms with Crippen LogP contribution in [0, 0.1) is 5.92 Å². The maximum atomic E-state index is 3.88. The number of nitrogens with one attached hydrogen (secondary N) is 1. The zero-order valence-corrected chi connectivity index (χ0v) is 14.0. The van der Waals surface area contributed by atoms with Crippen molar-refractivity contribution in [2.24, 2.45) is 5.92 Å². The van der Waals surface area contributed by atoms with Crippen molar-refractivity contribution in [2.45, 2.75) is 65.1 Å². The fraction of sp³-hybridized carbons (Fsp3) is 0.684. The average Bonchev–Trinajstić information content (AvgIpc) is 2.51. The van der Waals surface area contributed by atoms with Gasteiger partial charge in [-0.3, -0.25) is 4.90 Å². The molecule has 21 heavy (non-hydrogen) atoms. The van der Waals surface area contributed by atoms with Crippen LogP contribution in [0.1, 0.15) is 52.0 Å². The fourth-order valence-electron chi connectivity index (χ4n) is 3.60. The van der Waals surface area contributed by atoms with Crippen molar-refractivity contribution in [3.05, 3.63) is 35.9 Å². The lowest BCUT2D eigenvalue weighted by atomic mass is 9.93. The molecule has 1 aliphatic rings. The van der Waals surface area contributed by atoms with E-state index >= 15 is 0 Å².